The molecule has 3 nitrogen and oxygen atoms in total. The standard InChI is InChI=1S/C22H16BrClN2O/c23-16-5-3-4-15(12-16)22-26-20(18-6-1-2-7-21(18)27-22)13-19(25-26)14-8-10-17(24)11-9-14/h1-12,20,22H,13H2/t20-,22+/m1/s1. The molecule has 0 unspecified atom stereocenters. The fraction of sp³-hybridized carbons (Fsp3) is 0.136. The van der Waals surface area contributed by atoms with E-state index in [1.54, 1.807) is 0 Å². The predicted octanol–water partition coefficient (Wildman–Crippen LogP) is 6.34. The molecule has 0 saturated carbocycles. The van der Waals surface area contributed by atoms with Crippen molar-refractivity contribution in [2.24, 2.45) is 5.10 Å². The van der Waals surface area contributed by atoms with Gasteiger partial charge in [-0.15, -0.1) is 0 Å². The van der Waals surface area contributed by atoms with E-state index in [1.165, 1.54) is 5.56 Å². The molecular formula is C22H16BrClN2O. The molecule has 0 amide bonds. The van der Waals surface area contributed by atoms with Crippen LogP contribution < -0.4 is 4.74 Å². The smallest absolute Gasteiger partial charge is 0.213 e. The van der Waals surface area contributed by atoms with E-state index in [0.29, 0.717) is 0 Å². The Kier molecular flexibility index (Phi) is 4.18. The summed E-state index contributed by atoms with van der Waals surface area (Å²) in [5.74, 6) is 0.927. The van der Waals surface area contributed by atoms with Crippen molar-refractivity contribution in [1.82, 2.24) is 5.01 Å². The number of hydrogen-bond donors (Lipinski definition) is 0. The van der Waals surface area contributed by atoms with Gasteiger partial charge in [-0.1, -0.05) is 70.0 Å². The number of nitrogens with zero attached hydrogens (tertiary/aromatic N) is 2. The molecule has 5 rings (SSSR count). The fourth-order valence-corrected chi connectivity index (χ4v) is 4.27. The van der Waals surface area contributed by atoms with Gasteiger partial charge in [0.2, 0.25) is 6.23 Å². The second-order valence-corrected chi connectivity index (χ2v) is 8.07. The van der Waals surface area contributed by atoms with Gasteiger partial charge in [-0.25, -0.2) is 5.01 Å². The molecule has 5 heteroatoms. The van der Waals surface area contributed by atoms with Crippen molar-refractivity contribution in [3.8, 4) is 5.75 Å². The van der Waals surface area contributed by atoms with Gasteiger partial charge in [0, 0.05) is 27.0 Å². The molecular weight excluding hydrogens is 424 g/mol. The monoisotopic (exact) mass is 438 g/mol. The zero-order valence-corrected chi connectivity index (χ0v) is 16.7. The van der Waals surface area contributed by atoms with E-state index in [1.807, 2.05) is 48.5 Å². The van der Waals surface area contributed by atoms with Crippen LogP contribution in [0.4, 0.5) is 0 Å². The average Bonchev–Trinajstić information content (AvgIpc) is 3.13. The quantitative estimate of drug-likeness (QED) is 0.465. The van der Waals surface area contributed by atoms with Gasteiger partial charge >= 0.3 is 0 Å². The second kappa shape index (κ2) is 6.70. The highest BCUT2D eigenvalue weighted by Gasteiger charge is 2.40. The maximum Gasteiger partial charge on any atom is 0.213 e. The van der Waals surface area contributed by atoms with Gasteiger partial charge in [-0.3, -0.25) is 0 Å². The number of rotatable bonds is 2. The largest absolute Gasteiger partial charge is 0.464 e. The van der Waals surface area contributed by atoms with Crippen LogP contribution in [-0.4, -0.2) is 10.7 Å². The molecule has 0 fully saturated rings. The molecule has 134 valence electrons. The lowest BCUT2D eigenvalue weighted by atomic mass is 9.96. The van der Waals surface area contributed by atoms with E-state index < -0.39 is 0 Å². The van der Waals surface area contributed by atoms with E-state index in [0.717, 1.165) is 38.5 Å². The van der Waals surface area contributed by atoms with Crippen LogP contribution in [0.15, 0.2) is 82.4 Å². The molecule has 0 radical (unpaired) electrons. The van der Waals surface area contributed by atoms with Crippen LogP contribution >= 0.6 is 27.5 Å². The third-order valence-corrected chi connectivity index (χ3v) is 5.76. The maximum absolute atomic E-state index is 6.37. The van der Waals surface area contributed by atoms with E-state index in [4.69, 9.17) is 21.4 Å². The molecule has 27 heavy (non-hydrogen) atoms. The van der Waals surface area contributed by atoms with Crippen molar-refractivity contribution < 1.29 is 4.74 Å². The van der Waals surface area contributed by atoms with Crippen molar-refractivity contribution in [1.29, 1.82) is 0 Å². The molecule has 2 atom stereocenters. The Morgan fingerprint density at radius 1 is 1.00 bits per heavy atom. The first-order chi connectivity index (χ1) is 13.2. The minimum Gasteiger partial charge on any atom is -0.464 e. The zero-order chi connectivity index (χ0) is 18.4. The summed E-state index contributed by atoms with van der Waals surface area (Å²) in [5, 5.41) is 7.79. The number of para-hydroxylation sites is 1. The Morgan fingerprint density at radius 3 is 2.63 bits per heavy atom. The summed E-state index contributed by atoms with van der Waals surface area (Å²) < 4.78 is 7.40. The third-order valence-electron chi connectivity index (χ3n) is 5.01. The van der Waals surface area contributed by atoms with Crippen molar-refractivity contribution in [2.45, 2.75) is 18.7 Å². The highest BCUT2D eigenvalue weighted by Crippen LogP contribution is 2.47. The minimum atomic E-state index is -0.257. The fourth-order valence-electron chi connectivity index (χ4n) is 3.73. The minimum absolute atomic E-state index is 0.157. The van der Waals surface area contributed by atoms with E-state index in [2.05, 4.69) is 45.2 Å². The summed E-state index contributed by atoms with van der Waals surface area (Å²) in [4.78, 5) is 0. The number of hydrogen-bond acceptors (Lipinski definition) is 3. The molecule has 0 aromatic heterocycles. The molecule has 0 saturated heterocycles. The Balaban J connectivity index is 1.60. The number of fused-ring (bicyclic) bond motifs is 3. The van der Waals surface area contributed by atoms with Crippen LogP contribution in [0.5, 0.6) is 5.75 Å². The van der Waals surface area contributed by atoms with E-state index in [-0.39, 0.29) is 12.3 Å². The highest BCUT2D eigenvalue weighted by atomic mass is 79.9. The Bertz CT molecular complexity index is 1030. The summed E-state index contributed by atoms with van der Waals surface area (Å²) in [5.41, 5.74) is 4.40. The van der Waals surface area contributed by atoms with Gasteiger partial charge in [0.15, 0.2) is 0 Å². The number of halogens is 2. The normalized spacial score (nSPS) is 20.5. The average molecular weight is 440 g/mol. The molecule has 2 heterocycles. The first-order valence-electron chi connectivity index (χ1n) is 8.82. The summed E-state index contributed by atoms with van der Waals surface area (Å²) in [7, 11) is 0. The predicted molar refractivity (Wildman–Crippen MR) is 111 cm³/mol. The molecule has 2 aliphatic rings. The second-order valence-electron chi connectivity index (χ2n) is 6.72. The Labute approximate surface area is 171 Å². The third kappa shape index (κ3) is 3.03. The molecule has 0 bridgehead atoms. The Morgan fingerprint density at radius 2 is 1.81 bits per heavy atom. The van der Waals surface area contributed by atoms with Gasteiger partial charge in [-0.2, -0.15) is 5.10 Å². The number of ether oxygens (including phenoxy) is 1. The van der Waals surface area contributed by atoms with Crippen LogP contribution in [-0.2, 0) is 0 Å². The summed E-state index contributed by atoms with van der Waals surface area (Å²) in [6.07, 6.45) is 0.583. The lowest BCUT2D eigenvalue weighted by Crippen LogP contribution is -2.33. The molecule has 0 N–H and O–H groups in total. The van der Waals surface area contributed by atoms with Gasteiger partial charge < -0.3 is 4.74 Å². The van der Waals surface area contributed by atoms with Gasteiger partial charge in [0.25, 0.3) is 0 Å². The first kappa shape index (κ1) is 16.8. The van der Waals surface area contributed by atoms with Gasteiger partial charge in [0.1, 0.15) is 5.75 Å². The summed E-state index contributed by atoms with van der Waals surface area (Å²) in [6.45, 7) is 0. The highest BCUT2D eigenvalue weighted by molar-refractivity contribution is 9.10. The lowest BCUT2D eigenvalue weighted by molar-refractivity contribution is -0.0190. The van der Waals surface area contributed by atoms with Crippen LogP contribution in [0.25, 0.3) is 0 Å². The molecule has 0 aliphatic carbocycles. The van der Waals surface area contributed by atoms with Crippen molar-refractivity contribution in [3.05, 3.63) is 99.0 Å². The Hall–Kier alpha value is -2.30. The van der Waals surface area contributed by atoms with Crippen LogP contribution in [0.3, 0.4) is 0 Å². The number of hydrazone groups is 1. The van der Waals surface area contributed by atoms with E-state index in [9.17, 15) is 0 Å². The SMILES string of the molecule is Clc1ccc(C2=NN3[C@H](C2)c2ccccc2O[C@H]3c2cccc(Br)c2)cc1. The van der Waals surface area contributed by atoms with Crippen molar-refractivity contribution in [3.63, 3.8) is 0 Å². The molecule has 3 aromatic rings. The van der Waals surface area contributed by atoms with Crippen LogP contribution in [0.1, 0.15) is 35.4 Å². The maximum atomic E-state index is 6.37. The van der Waals surface area contributed by atoms with Gasteiger partial charge in [-0.05, 0) is 35.9 Å². The van der Waals surface area contributed by atoms with Crippen molar-refractivity contribution >= 4 is 33.2 Å². The lowest BCUT2D eigenvalue weighted by Gasteiger charge is -2.38. The zero-order valence-electron chi connectivity index (χ0n) is 14.3. The summed E-state index contributed by atoms with van der Waals surface area (Å²) >= 11 is 9.62. The molecule has 0 spiro atoms. The van der Waals surface area contributed by atoms with E-state index >= 15 is 0 Å². The number of benzene rings is 3. The topological polar surface area (TPSA) is 24.8 Å². The summed E-state index contributed by atoms with van der Waals surface area (Å²) in [6, 6.07) is 24.5. The first-order valence-corrected chi connectivity index (χ1v) is 9.99. The van der Waals surface area contributed by atoms with Crippen molar-refractivity contribution in [2.75, 3.05) is 0 Å². The van der Waals surface area contributed by atoms with Gasteiger partial charge in [0.05, 0.1) is 11.8 Å². The van der Waals surface area contributed by atoms with Crippen LogP contribution in [0, 0.1) is 0 Å². The molecule has 2 aliphatic heterocycles. The molecule has 3 aromatic carbocycles. The van der Waals surface area contributed by atoms with Crippen LogP contribution in [0.2, 0.25) is 5.02 Å².